The first kappa shape index (κ1) is 23.4. The van der Waals surface area contributed by atoms with Crippen LogP contribution in [0.4, 0.5) is 23.1 Å². The summed E-state index contributed by atoms with van der Waals surface area (Å²) in [6, 6.07) is 13.5. The van der Waals surface area contributed by atoms with E-state index in [9.17, 15) is 4.79 Å². The number of nitrogens with zero attached hydrogens (tertiary/aromatic N) is 6. The van der Waals surface area contributed by atoms with Crippen molar-refractivity contribution < 1.29 is 4.79 Å². The molecule has 3 aromatic heterocycles. The standard InChI is InChI=1S/C27H28N8O/c1-3-5-24(36)31-21-7-4-6-19(16-21)25-26-20(10-11-28-25)17-30-27(33-26)32-22-8-9-23(29-18-22)35-14-12-34(2)13-15-35/h3-11,16-18H,12-15H2,1-2H3,(H,31,36)(H,30,32,33). The lowest BCUT2D eigenvalue weighted by molar-refractivity contribution is -0.111. The number of nitrogens with one attached hydrogen (secondary N) is 2. The SMILES string of the molecule is CC=CC(=O)Nc1cccc(-c2nccc3cnc(Nc4ccc(N5CCN(C)CC5)nc4)nc23)c1. The second-order valence-electron chi connectivity index (χ2n) is 8.68. The van der Waals surface area contributed by atoms with Crippen LogP contribution in [0.25, 0.3) is 22.2 Å². The van der Waals surface area contributed by atoms with Crippen molar-refractivity contribution in [2.75, 3.05) is 48.8 Å². The Labute approximate surface area is 209 Å². The van der Waals surface area contributed by atoms with Gasteiger partial charge >= 0.3 is 0 Å². The van der Waals surface area contributed by atoms with Gasteiger partial charge in [-0.3, -0.25) is 9.78 Å². The number of carbonyl (C=O) groups is 1. The van der Waals surface area contributed by atoms with Gasteiger partial charge in [0.2, 0.25) is 11.9 Å². The lowest BCUT2D eigenvalue weighted by Crippen LogP contribution is -2.44. The van der Waals surface area contributed by atoms with Crippen LogP contribution in [0, 0.1) is 0 Å². The molecule has 1 saturated heterocycles. The number of carbonyl (C=O) groups excluding carboxylic acids is 1. The van der Waals surface area contributed by atoms with Gasteiger partial charge in [-0.1, -0.05) is 18.2 Å². The van der Waals surface area contributed by atoms with Gasteiger partial charge < -0.3 is 20.4 Å². The predicted octanol–water partition coefficient (Wildman–Crippen LogP) is 4.10. The quantitative estimate of drug-likeness (QED) is 0.398. The molecule has 36 heavy (non-hydrogen) atoms. The van der Waals surface area contributed by atoms with Crippen LogP contribution in [0.2, 0.25) is 0 Å². The largest absolute Gasteiger partial charge is 0.354 e. The van der Waals surface area contributed by atoms with Gasteiger partial charge in [0.05, 0.1) is 17.6 Å². The maximum atomic E-state index is 12.0. The molecule has 182 valence electrons. The highest BCUT2D eigenvalue weighted by atomic mass is 16.1. The van der Waals surface area contributed by atoms with E-state index >= 15 is 0 Å². The second-order valence-corrected chi connectivity index (χ2v) is 8.68. The van der Waals surface area contributed by atoms with Gasteiger partial charge in [0.15, 0.2) is 0 Å². The van der Waals surface area contributed by atoms with Crippen molar-refractivity contribution in [3.63, 3.8) is 0 Å². The highest BCUT2D eigenvalue weighted by Gasteiger charge is 2.15. The second kappa shape index (κ2) is 10.5. The molecule has 1 fully saturated rings. The van der Waals surface area contributed by atoms with Crippen LogP contribution in [0.15, 0.2) is 73.2 Å². The summed E-state index contributed by atoms with van der Waals surface area (Å²) in [6.07, 6.45) is 8.51. The van der Waals surface area contributed by atoms with Crippen molar-refractivity contribution >= 4 is 40.0 Å². The number of likely N-dealkylation sites (N-methyl/N-ethyl adjacent to an activating group) is 1. The van der Waals surface area contributed by atoms with E-state index in [4.69, 9.17) is 4.98 Å². The molecule has 1 amide bonds. The summed E-state index contributed by atoms with van der Waals surface area (Å²) in [5, 5.41) is 7.00. The summed E-state index contributed by atoms with van der Waals surface area (Å²) in [7, 11) is 2.14. The Morgan fingerprint density at radius 1 is 0.972 bits per heavy atom. The summed E-state index contributed by atoms with van der Waals surface area (Å²) >= 11 is 0. The van der Waals surface area contributed by atoms with Crippen molar-refractivity contribution in [2.24, 2.45) is 0 Å². The van der Waals surface area contributed by atoms with E-state index in [0.29, 0.717) is 22.8 Å². The van der Waals surface area contributed by atoms with Crippen LogP contribution in [-0.4, -0.2) is 64.0 Å². The van der Waals surface area contributed by atoms with Crippen molar-refractivity contribution in [2.45, 2.75) is 6.92 Å². The third-order valence-corrected chi connectivity index (χ3v) is 6.05. The number of piperazine rings is 1. The molecule has 2 N–H and O–H groups in total. The van der Waals surface area contributed by atoms with Gasteiger partial charge in [-0.15, -0.1) is 0 Å². The van der Waals surface area contributed by atoms with E-state index in [1.54, 1.807) is 25.4 Å². The zero-order chi connectivity index (χ0) is 24.9. The monoisotopic (exact) mass is 480 g/mol. The highest BCUT2D eigenvalue weighted by molar-refractivity contribution is 6.00. The average Bonchev–Trinajstić information content (AvgIpc) is 2.89. The Morgan fingerprint density at radius 3 is 2.61 bits per heavy atom. The van der Waals surface area contributed by atoms with Crippen molar-refractivity contribution in [1.29, 1.82) is 0 Å². The fourth-order valence-electron chi connectivity index (χ4n) is 4.12. The van der Waals surface area contributed by atoms with Crippen molar-refractivity contribution in [1.82, 2.24) is 24.8 Å². The van der Waals surface area contributed by atoms with E-state index in [2.05, 4.69) is 42.4 Å². The summed E-state index contributed by atoms with van der Waals surface area (Å²) in [5.41, 5.74) is 3.78. The summed E-state index contributed by atoms with van der Waals surface area (Å²) in [4.78, 5) is 35.0. The number of allylic oxidation sites excluding steroid dienone is 1. The summed E-state index contributed by atoms with van der Waals surface area (Å²) in [5.74, 6) is 1.26. The third kappa shape index (κ3) is 5.31. The van der Waals surface area contributed by atoms with Gasteiger partial charge in [0, 0.05) is 55.2 Å². The minimum atomic E-state index is -0.179. The number of benzene rings is 1. The van der Waals surface area contributed by atoms with Crippen molar-refractivity contribution in [3.05, 3.63) is 73.2 Å². The Morgan fingerprint density at radius 2 is 1.83 bits per heavy atom. The molecular formula is C27H28N8O. The normalized spacial score (nSPS) is 14.3. The topological polar surface area (TPSA) is 99.2 Å². The zero-order valence-electron chi connectivity index (χ0n) is 20.3. The maximum absolute atomic E-state index is 12.0. The summed E-state index contributed by atoms with van der Waals surface area (Å²) < 4.78 is 0. The van der Waals surface area contributed by atoms with Crippen LogP contribution in [0.5, 0.6) is 0 Å². The van der Waals surface area contributed by atoms with Crippen molar-refractivity contribution in [3.8, 4) is 11.3 Å². The molecule has 0 spiro atoms. The molecule has 9 heteroatoms. The van der Waals surface area contributed by atoms with Gasteiger partial charge in [-0.25, -0.2) is 15.0 Å². The number of fused-ring (bicyclic) bond motifs is 1. The van der Waals surface area contributed by atoms with Crippen LogP contribution in [0.1, 0.15) is 6.92 Å². The molecule has 0 bridgehead atoms. The third-order valence-electron chi connectivity index (χ3n) is 6.05. The van der Waals surface area contributed by atoms with Gasteiger partial charge in [-0.05, 0) is 50.4 Å². The van der Waals surface area contributed by atoms with Gasteiger partial charge in [-0.2, -0.15) is 0 Å². The first-order valence-electron chi connectivity index (χ1n) is 11.9. The molecule has 4 aromatic rings. The Bertz CT molecular complexity index is 1390. The van der Waals surface area contributed by atoms with E-state index in [0.717, 1.165) is 48.6 Å². The first-order valence-corrected chi connectivity index (χ1v) is 11.9. The molecule has 0 saturated carbocycles. The van der Waals surface area contributed by atoms with E-state index in [1.165, 1.54) is 6.08 Å². The number of pyridine rings is 2. The molecule has 0 atom stereocenters. The molecule has 0 unspecified atom stereocenters. The minimum Gasteiger partial charge on any atom is -0.354 e. The predicted molar refractivity (Wildman–Crippen MR) is 143 cm³/mol. The average molecular weight is 481 g/mol. The van der Waals surface area contributed by atoms with Crippen LogP contribution in [0.3, 0.4) is 0 Å². The van der Waals surface area contributed by atoms with E-state index in [-0.39, 0.29) is 5.91 Å². The van der Waals surface area contributed by atoms with Crippen LogP contribution >= 0.6 is 0 Å². The Kier molecular flexibility index (Phi) is 6.81. The fraction of sp³-hybridized carbons (Fsp3) is 0.222. The number of aromatic nitrogens is 4. The maximum Gasteiger partial charge on any atom is 0.248 e. The Hall–Kier alpha value is -4.37. The lowest BCUT2D eigenvalue weighted by Gasteiger charge is -2.33. The smallest absolute Gasteiger partial charge is 0.248 e. The summed E-state index contributed by atoms with van der Waals surface area (Å²) in [6.45, 7) is 5.82. The number of rotatable bonds is 6. The molecule has 4 heterocycles. The van der Waals surface area contributed by atoms with Crippen LogP contribution < -0.4 is 15.5 Å². The number of anilines is 4. The number of hydrogen-bond acceptors (Lipinski definition) is 8. The van der Waals surface area contributed by atoms with Gasteiger partial charge in [0.1, 0.15) is 11.3 Å². The molecule has 0 aliphatic carbocycles. The molecule has 1 aliphatic rings. The minimum absolute atomic E-state index is 0.179. The fourth-order valence-corrected chi connectivity index (χ4v) is 4.12. The highest BCUT2D eigenvalue weighted by Crippen LogP contribution is 2.28. The van der Waals surface area contributed by atoms with Gasteiger partial charge in [0.25, 0.3) is 0 Å². The lowest BCUT2D eigenvalue weighted by atomic mass is 10.1. The molecule has 5 rings (SSSR count). The van der Waals surface area contributed by atoms with E-state index in [1.807, 2.05) is 48.7 Å². The number of hydrogen-bond donors (Lipinski definition) is 2. The molecule has 1 aromatic carbocycles. The molecule has 1 aliphatic heterocycles. The van der Waals surface area contributed by atoms with Crippen LogP contribution in [-0.2, 0) is 4.79 Å². The molecule has 0 radical (unpaired) electrons. The first-order chi connectivity index (χ1) is 17.6. The molecule has 9 nitrogen and oxygen atoms in total. The number of amides is 1. The molecular weight excluding hydrogens is 452 g/mol. The zero-order valence-corrected chi connectivity index (χ0v) is 20.3. The van der Waals surface area contributed by atoms with E-state index < -0.39 is 0 Å². The Balaban J connectivity index is 1.38.